The first-order valence-electron chi connectivity index (χ1n) is 7.93. The van der Waals surface area contributed by atoms with Crippen LogP contribution in [0, 0.1) is 6.92 Å². The molecule has 1 saturated heterocycles. The predicted molar refractivity (Wildman–Crippen MR) is 90.3 cm³/mol. The number of amides is 1. The maximum Gasteiger partial charge on any atom is 0.251 e. The number of hydrogen-bond donors (Lipinski definition) is 4. The second-order valence-corrected chi connectivity index (χ2v) is 7.62. The first-order valence-corrected chi connectivity index (χ1v) is 9.41. The van der Waals surface area contributed by atoms with Crippen LogP contribution in [0.25, 0.3) is 0 Å². The third-order valence-corrected chi connectivity index (χ3v) is 5.26. The monoisotopic (exact) mass is 364 g/mol. The van der Waals surface area contributed by atoms with Crippen LogP contribution >= 0.6 is 0 Å². The largest absolute Gasteiger partial charge is 0.348 e. The minimum absolute atomic E-state index is 0.0250. The van der Waals surface area contributed by atoms with Gasteiger partial charge < -0.3 is 10.6 Å². The van der Waals surface area contributed by atoms with E-state index >= 15 is 0 Å². The second-order valence-electron chi connectivity index (χ2n) is 5.85. The van der Waals surface area contributed by atoms with Gasteiger partial charge in [0.1, 0.15) is 5.82 Å². The third kappa shape index (κ3) is 4.41. The van der Waals surface area contributed by atoms with E-state index in [0.717, 1.165) is 19.5 Å². The number of aromatic amines is 1. The van der Waals surface area contributed by atoms with Gasteiger partial charge in [0, 0.05) is 18.2 Å². The van der Waals surface area contributed by atoms with Gasteiger partial charge in [-0.15, -0.1) is 0 Å². The summed E-state index contributed by atoms with van der Waals surface area (Å²) in [5, 5.41) is 12.6. The van der Waals surface area contributed by atoms with E-state index in [1.54, 1.807) is 19.1 Å². The van der Waals surface area contributed by atoms with Crippen LogP contribution in [0.1, 0.15) is 28.4 Å². The summed E-state index contributed by atoms with van der Waals surface area (Å²) in [7, 11) is -3.77. The zero-order chi connectivity index (χ0) is 17.9. The lowest BCUT2D eigenvalue weighted by atomic mass is 10.2. The van der Waals surface area contributed by atoms with Gasteiger partial charge in [-0.05, 0) is 38.1 Å². The van der Waals surface area contributed by atoms with Gasteiger partial charge in [0.15, 0.2) is 5.82 Å². The van der Waals surface area contributed by atoms with E-state index < -0.39 is 10.0 Å². The number of nitrogens with one attached hydrogen (secondary N) is 4. The van der Waals surface area contributed by atoms with Crippen molar-refractivity contribution in [1.29, 1.82) is 0 Å². The Morgan fingerprint density at radius 3 is 2.92 bits per heavy atom. The summed E-state index contributed by atoms with van der Waals surface area (Å²) in [4.78, 5) is 16.4. The highest BCUT2D eigenvalue weighted by molar-refractivity contribution is 7.89. The molecule has 0 bridgehead atoms. The van der Waals surface area contributed by atoms with Crippen molar-refractivity contribution in [2.45, 2.75) is 30.8 Å². The maximum atomic E-state index is 12.4. The SMILES string of the molecule is Cc1nc(CNS(=O)(=O)c2cccc(C(=O)N[C@H]3CCNC3)c2)n[nH]1. The molecule has 1 atom stereocenters. The van der Waals surface area contributed by atoms with Crippen molar-refractivity contribution in [1.82, 2.24) is 30.5 Å². The summed E-state index contributed by atoms with van der Waals surface area (Å²) in [5.41, 5.74) is 0.309. The van der Waals surface area contributed by atoms with Crippen LogP contribution in [-0.2, 0) is 16.6 Å². The van der Waals surface area contributed by atoms with E-state index in [2.05, 4.69) is 30.5 Å². The highest BCUT2D eigenvalue weighted by Crippen LogP contribution is 2.12. The van der Waals surface area contributed by atoms with Crippen molar-refractivity contribution in [2.75, 3.05) is 13.1 Å². The molecule has 25 heavy (non-hydrogen) atoms. The molecule has 0 radical (unpaired) electrons. The first-order chi connectivity index (χ1) is 11.9. The molecule has 1 aliphatic rings. The van der Waals surface area contributed by atoms with E-state index in [9.17, 15) is 13.2 Å². The van der Waals surface area contributed by atoms with Crippen LogP contribution in [0.5, 0.6) is 0 Å². The average Bonchev–Trinajstić information content (AvgIpc) is 3.25. The fraction of sp³-hybridized carbons (Fsp3) is 0.400. The lowest BCUT2D eigenvalue weighted by molar-refractivity contribution is 0.0940. The molecule has 2 aromatic rings. The Labute approximate surface area is 145 Å². The molecule has 0 aliphatic carbocycles. The Morgan fingerprint density at radius 1 is 1.40 bits per heavy atom. The van der Waals surface area contributed by atoms with Gasteiger partial charge in [-0.1, -0.05) is 6.07 Å². The van der Waals surface area contributed by atoms with Crippen LogP contribution in [0.3, 0.4) is 0 Å². The minimum atomic E-state index is -3.77. The van der Waals surface area contributed by atoms with Crippen LogP contribution in [0.2, 0.25) is 0 Å². The van der Waals surface area contributed by atoms with Gasteiger partial charge in [-0.3, -0.25) is 9.89 Å². The Kier molecular flexibility index (Phi) is 5.11. The highest BCUT2D eigenvalue weighted by Gasteiger charge is 2.20. The fourth-order valence-corrected chi connectivity index (χ4v) is 3.59. The van der Waals surface area contributed by atoms with Gasteiger partial charge in [0.25, 0.3) is 5.91 Å². The molecule has 0 spiro atoms. The van der Waals surface area contributed by atoms with E-state index in [0.29, 0.717) is 17.2 Å². The van der Waals surface area contributed by atoms with Crippen LogP contribution in [0.4, 0.5) is 0 Å². The van der Waals surface area contributed by atoms with Gasteiger partial charge in [-0.25, -0.2) is 18.1 Å². The lowest BCUT2D eigenvalue weighted by Crippen LogP contribution is -2.36. The Balaban J connectivity index is 1.69. The molecule has 1 amide bonds. The molecule has 2 heterocycles. The average molecular weight is 364 g/mol. The summed E-state index contributed by atoms with van der Waals surface area (Å²) >= 11 is 0. The number of H-pyrrole nitrogens is 1. The molecule has 134 valence electrons. The maximum absolute atomic E-state index is 12.4. The summed E-state index contributed by atoms with van der Waals surface area (Å²) in [5.74, 6) is 0.674. The zero-order valence-corrected chi connectivity index (χ0v) is 14.6. The van der Waals surface area contributed by atoms with Crippen molar-refractivity contribution in [3.8, 4) is 0 Å². The van der Waals surface area contributed by atoms with E-state index in [-0.39, 0.29) is 23.4 Å². The summed E-state index contributed by atoms with van der Waals surface area (Å²) < 4.78 is 27.3. The Morgan fingerprint density at radius 2 is 2.24 bits per heavy atom. The molecule has 1 fully saturated rings. The standard InChI is InChI=1S/C15H20N6O3S/c1-10-18-14(21-20-10)9-17-25(23,24)13-4-2-3-11(7-13)15(22)19-12-5-6-16-8-12/h2-4,7,12,16-17H,5-6,8-9H2,1H3,(H,19,22)(H,18,20,21)/t12-/m0/s1. The molecule has 3 rings (SSSR count). The van der Waals surface area contributed by atoms with E-state index in [1.165, 1.54) is 12.1 Å². The van der Waals surface area contributed by atoms with Crippen LogP contribution < -0.4 is 15.4 Å². The van der Waals surface area contributed by atoms with Gasteiger partial charge >= 0.3 is 0 Å². The Bertz CT molecular complexity index is 858. The number of aryl methyl sites for hydroxylation is 1. The van der Waals surface area contributed by atoms with Gasteiger partial charge in [0.2, 0.25) is 10.0 Å². The summed E-state index contributed by atoms with van der Waals surface area (Å²) in [6.45, 7) is 3.29. The number of benzene rings is 1. The fourth-order valence-electron chi connectivity index (χ4n) is 2.56. The number of carbonyl (C=O) groups excluding carboxylic acids is 1. The van der Waals surface area contributed by atoms with Gasteiger partial charge in [0.05, 0.1) is 11.4 Å². The van der Waals surface area contributed by atoms with Crippen LogP contribution in [0.15, 0.2) is 29.2 Å². The normalized spacial score (nSPS) is 17.6. The number of sulfonamides is 1. The van der Waals surface area contributed by atoms with Gasteiger partial charge in [-0.2, -0.15) is 5.10 Å². The molecule has 0 unspecified atom stereocenters. The number of nitrogens with zero attached hydrogens (tertiary/aromatic N) is 2. The molecule has 1 aromatic heterocycles. The zero-order valence-electron chi connectivity index (χ0n) is 13.7. The minimum Gasteiger partial charge on any atom is -0.348 e. The number of aromatic nitrogens is 3. The summed E-state index contributed by atoms with van der Waals surface area (Å²) in [6.07, 6.45) is 0.862. The quantitative estimate of drug-likeness (QED) is 0.556. The molecular weight excluding hydrogens is 344 g/mol. The number of carbonyl (C=O) groups is 1. The molecule has 1 aromatic carbocycles. The van der Waals surface area contributed by atoms with Crippen molar-refractivity contribution in [2.24, 2.45) is 0 Å². The Hall–Kier alpha value is -2.30. The molecular formula is C15H20N6O3S. The third-order valence-electron chi connectivity index (χ3n) is 3.87. The molecule has 0 saturated carbocycles. The summed E-state index contributed by atoms with van der Waals surface area (Å²) in [6, 6.07) is 6.02. The first kappa shape index (κ1) is 17.5. The van der Waals surface area contributed by atoms with Crippen LogP contribution in [-0.4, -0.2) is 48.6 Å². The van der Waals surface area contributed by atoms with Crippen molar-refractivity contribution >= 4 is 15.9 Å². The molecule has 10 heteroatoms. The number of rotatable bonds is 6. The van der Waals surface area contributed by atoms with E-state index in [4.69, 9.17) is 0 Å². The van der Waals surface area contributed by atoms with Crippen molar-refractivity contribution in [3.63, 3.8) is 0 Å². The smallest absolute Gasteiger partial charge is 0.251 e. The predicted octanol–water partition coefficient (Wildman–Crippen LogP) is -0.317. The van der Waals surface area contributed by atoms with Crippen molar-refractivity contribution in [3.05, 3.63) is 41.5 Å². The molecule has 9 nitrogen and oxygen atoms in total. The highest BCUT2D eigenvalue weighted by atomic mass is 32.2. The second kappa shape index (κ2) is 7.30. The molecule has 4 N–H and O–H groups in total. The topological polar surface area (TPSA) is 129 Å². The lowest BCUT2D eigenvalue weighted by Gasteiger charge is -2.12. The van der Waals surface area contributed by atoms with E-state index in [1.807, 2.05) is 0 Å². The van der Waals surface area contributed by atoms with Crippen molar-refractivity contribution < 1.29 is 13.2 Å². The number of hydrogen-bond acceptors (Lipinski definition) is 6. The molecule has 1 aliphatic heterocycles.